The maximum Gasteiger partial charge on any atom is 0.230 e. The first kappa shape index (κ1) is 20.2. The number of fused-ring (bicyclic) bond motifs is 2. The number of anilines is 1. The molecule has 7 heteroatoms. The number of aryl methyl sites for hydroxylation is 2. The molecule has 1 N–H and O–H groups in total. The molecule has 5 rings (SSSR count). The largest absolute Gasteiger partial charge is 0.493 e. The summed E-state index contributed by atoms with van der Waals surface area (Å²) in [5, 5.41) is 8.37. The average Bonchev–Trinajstić information content (AvgIpc) is 3.53. The van der Waals surface area contributed by atoms with Crippen molar-refractivity contribution >= 4 is 22.7 Å². The first-order chi connectivity index (χ1) is 15.7. The molecule has 0 saturated heterocycles. The molecule has 1 amide bonds. The molecule has 0 unspecified atom stereocenters. The Morgan fingerprint density at radius 2 is 1.97 bits per heavy atom. The summed E-state index contributed by atoms with van der Waals surface area (Å²) in [6.07, 6.45) is 6.97. The minimum Gasteiger partial charge on any atom is -0.493 e. The number of hydrogen-bond acceptors (Lipinski definition) is 5. The van der Waals surface area contributed by atoms with E-state index in [1.807, 2.05) is 18.2 Å². The molecule has 7 nitrogen and oxygen atoms in total. The van der Waals surface area contributed by atoms with Gasteiger partial charge >= 0.3 is 0 Å². The second-order valence-electron chi connectivity index (χ2n) is 7.98. The number of amides is 1. The first-order valence-corrected chi connectivity index (χ1v) is 10.7. The number of ether oxygens (including phenoxy) is 2. The predicted octanol–water partition coefficient (Wildman–Crippen LogP) is 4.36. The zero-order chi connectivity index (χ0) is 22.1. The monoisotopic (exact) mass is 431 g/mol. The minimum atomic E-state index is -0.118. The van der Waals surface area contributed by atoms with Crippen molar-refractivity contribution in [3.05, 3.63) is 71.1 Å². The number of carbonyl (C=O) groups is 1. The SMILES string of the molecule is COc1cccc(Cn2nccc2NC(=O)Cc2coc3cc4c(cc23)CCC4)c1OC. The van der Waals surface area contributed by atoms with E-state index in [0.717, 1.165) is 34.9 Å². The summed E-state index contributed by atoms with van der Waals surface area (Å²) in [5.74, 6) is 1.81. The van der Waals surface area contributed by atoms with E-state index in [2.05, 4.69) is 22.5 Å². The van der Waals surface area contributed by atoms with E-state index < -0.39 is 0 Å². The number of para-hydroxylation sites is 1. The fourth-order valence-electron chi connectivity index (χ4n) is 4.45. The van der Waals surface area contributed by atoms with E-state index in [1.165, 1.54) is 17.5 Å². The molecule has 2 heterocycles. The number of carbonyl (C=O) groups excluding carboxylic acids is 1. The van der Waals surface area contributed by atoms with Gasteiger partial charge in [-0.05, 0) is 48.6 Å². The maximum absolute atomic E-state index is 12.8. The van der Waals surface area contributed by atoms with Crippen molar-refractivity contribution in [1.29, 1.82) is 0 Å². The number of aromatic nitrogens is 2. The van der Waals surface area contributed by atoms with Gasteiger partial charge in [0, 0.05) is 22.6 Å². The van der Waals surface area contributed by atoms with Crippen LogP contribution in [0.1, 0.15) is 28.7 Å². The lowest BCUT2D eigenvalue weighted by Crippen LogP contribution is -2.18. The van der Waals surface area contributed by atoms with Gasteiger partial charge in [0.1, 0.15) is 11.4 Å². The van der Waals surface area contributed by atoms with Crippen molar-refractivity contribution in [1.82, 2.24) is 9.78 Å². The lowest BCUT2D eigenvalue weighted by molar-refractivity contribution is -0.115. The van der Waals surface area contributed by atoms with E-state index in [9.17, 15) is 4.79 Å². The average molecular weight is 431 g/mol. The highest BCUT2D eigenvalue weighted by Gasteiger charge is 2.18. The summed E-state index contributed by atoms with van der Waals surface area (Å²) in [4.78, 5) is 12.8. The molecule has 0 aliphatic heterocycles. The number of benzene rings is 2. The lowest BCUT2D eigenvalue weighted by Gasteiger charge is -2.14. The summed E-state index contributed by atoms with van der Waals surface area (Å²) < 4.78 is 18.4. The van der Waals surface area contributed by atoms with Gasteiger partial charge in [0.15, 0.2) is 11.5 Å². The zero-order valence-electron chi connectivity index (χ0n) is 18.2. The van der Waals surface area contributed by atoms with Gasteiger partial charge in [-0.2, -0.15) is 5.10 Å². The molecule has 1 aliphatic rings. The summed E-state index contributed by atoms with van der Waals surface area (Å²) in [5.41, 5.74) is 5.38. The van der Waals surface area contributed by atoms with Crippen molar-refractivity contribution in [3.8, 4) is 11.5 Å². The Kier molecular flexibility index (Phi) is 5.31. The number of nitrogens with zero attached hydrogens (tertiary/aromatic N) is 2. The van der Waals surface area contributed by atoms with Gasteiger partial charge in [-0.15, -0.1) is 0 Å². The van der Waals surface area contributed by atoms with Gasteiger partial charge < -0.3 is 19.2 Å². The second-order valence-corrected chi connectivity index (χ2v) is 7.98. The summed E-state index contributed by atoms with van der Waals surface area (Å²) in [7, 11) is 3.22. The number of furan rings is 1. The normalized spacial score (nSPS) is 12.7. The van der Waals surface area contributed by atoms with Crippen LogP contribution in [-0.4, -0.2) is 29.9 Å². The van der Waals surface area contributed by atoms with Crippen LogP contribution in [0.2, 0.25) is 0 Å². The molecular weight excluding hydrogens is 406 g/mol. The van der Waals surface area contributed by atoms with Crippen molar-refractivity contribution in [3.63, 3.8) is 0 Å². The van der Waals surface area contributed by atoms with Crippen molar-refractivity contribution in [2.75, 3.05) is 19.5 Å². The molecule has 0 radical (unpaired) electrons. The number of methoxy groups -OCH3 is 2. The van der Waals surface area contributed by atoms with Crippen molar-refractivity contribution in [2.45, 2.75) is 32.2 Å². The second kappa shape index (κ2) is 8.42. The Morgan fingerprint density at radius 1 is 1.12 bits per heavy atom. The van der Waals surface area contributed by atoms with Gasteiger partial charge in [0.05, 0.1) is 39.6 Å². The Bertz CT molecular complexity index is 1290. The molecule has 2 aromatic carbocycles. The maximum atomic E-state index is 12.8. The highest BCUT2D eigenvalue weighted by atomic mass is 16.5. The number of hydrogen-bond donors (Lipinski definition) is 1. The molecular formula is C25H25N3O4. The third-order valence-electron chi connectivity index (χ3n) is 6.01. The summed E-state index contributed by atoms with van der Waals surface area (Å²) in [6, 6.07) is 11.8. The van der Waals surface area contributed by atoms with Crippen LogP contribution in [0.4, 0.5) is 5.82 Å². The Hall–Kier alpha value is -3.74. The van der Waals surface area contributed by atoms with E-state index in [-0.39, 0.29) is 12.3 Å². The smallest absolute Gasteiger partial charge is 0.230 e. The highest BCUT2D eigenvalue weighted by molar-refractivity contribution is 5.95. The topological polar surface area (TPSA) is 78.5 Å². The zero-order valence-corrected chi connectivity index (χ0v) is 18.2. The molecule has 164 valence electrons. The van der Waals surface area contributed by atoms with Gasteiger partial charge in [0.2, 0.25) is 5.91 Å². The van der Waals surface area contributed by atoms with Crippen LogP contribution in [0.3, 0.4) is 0 Å². The van der Waals surface area contributed by atoms with Crippen LogP contribution < -0.4 is 14.8 Å². The van der Waals surface area contributed by atoms with Crippen LogP contribution >= 0.6 is 0 Å². The Labute approximate surface area is 185 Å². The van der Waals surface area contributed by atoms with Crippen LogP contribution in [0.5, 0.6) is 11.5 Å². The number of rotatable bonds is 7. The Balaban J connectivity index is 1.33. The van der Waals surface area contributed by atoms with Gasteiger partial charge in [0.25, 0.3) is 0 Å². The molecule has 0 fully saturated rings. The third-order valence-corrected chi connectivity index (χ3v) is 6.01. The first-order valence-electron chi connectivity index (χ1n) is 10.7. The van der Waals surface area contributed by atoms with E-state index in [1.54, 1.807) is 37.4 Å². The Morgan fingerprint density at radius 3 is 2.78 bits per heavy atom. The fourth-order valence-corrected chi connectivity index (χ4v) is 4.45. The summed E-state index contributed by atoms with van der Waals surface area (Å²) >= 11 is 0. The lowest BCUT2D eigenvalue weighted by atomic mass is 10.0. The van der Waals surface area contributed by atoms with Crippen molar-refractivity contribution < 1.29 is 18.7 Å². The standard InChI is InChI=1S/C25H25N3O4/c1-30-21-8-4-7-18(25(21)31-2)14-28-23(9-10-26-28)27-24(29)13-19-15-32-22-12-17-6-3-5-16(17)11-20(19)22/h4,7-12,15H,3,5-6,13-14H2,1-2H3,(H,27,29). The predicted molar refractivity (Wildman–Crippen MR) is 121 cm³/mol. The molecule has 32 heavy (non-hydrogen) atoms. The molecule has 1 aliphatic carbocycles. The molecule has 0 saturated carbocycles. The minimum absolute atomic E-state index is 0.118. The molecule has 0 spiro atoms. The van der Waals surface area contributed by atoms with Crippen molar-refractivity contribution in [2.24, 2.45) is 0 Å². The fraction of sp³-hybridized carbons (Fsp3) is 0.280. The molecule has 0 atom stereocenters. The molecule has 0 bridgehead atoms. The van der Waals surface area contributed by atoms with Crippen LogP contribution in [0.25, 0.3) is 11.0 Å². The van der Waals surface area contributed by atoms with E-state index in [0.29, 0.717) is 23.9 Å². The van der Waals surface area contributed by atoms with E-state index >= 15 is 0 Å². The van der Waals surface area contributed by atoms with Gasteiger partial charge in [-0.25, -0.2) is 4.68 Å². The van der Waals surface area contributed by atoms with Crippen LogP contribution in [0.15, 0.2) is 53.3 Å². The molecule has 4 aromatic rings. The quantitative estimate of drug-likeness (QED) is 0.470. The van der Waals surface area contributed by atoms with Gasteiger partial charge in [-0.3, -0.25) is 4.79 Å². The molecule has 2 aromatic heterocycles. The van der Waals surface area contributed by atoms with Crippen LogP contribution in [-0.2, 0) is 30.6 Å². The van der Waals surface area contributed by atoms with Gasteiger partial charge in [-0.1, -0.05) is 12.1 Å². The third kappa shape index (κ3) is 3.70. The summed E-state index contributed by atoms with van der Waals surface area (Å²) in [6.45, 7) is 0.434. The van der Waals surface area contributed by atoms with Crippen LogP contribution in [0, 0.1) is 0 Å². The highest BCUT2D eigenvalue weighted by Crippen LogP contribution is 2.32. The number of nitrogens with one attached hydrogen (secondary N) is 1. The van der Waals surface area contributed by atoms with E-state index in [4.69, 9.17) is 13.9 Å².